The summed E-state index contributed by atoms with van der Waals surface area (Å²) in [6, 6.07) is 6.10. The van der Waals surface area contributed by atoms with Crippen molar-refractivity contribution in [2.45, 2.75) is 38.5 Å². The second kappa shape index (κ2) is 6.49. The zero-order chi connectivity index (χ0) is 18.0. The molecule has 1 N–H and O–H groups in total. The minimum absolute atomic E-state index is 0. The zero-order valence-corrected chi connectivity index (χ0v) is 17.4. The van der Waals surface area contributed by atoms with E-state index in [0.29, 0.717) is 18.2 Å². The van der Waals surface area contributed by atoms with Crippen molar-refractivity contribution >= 4 is 27.0 Å². The number of aromatic hydroxyl groups is 1. The summed E-state index contributed by atoms with van der Waals surface area (Å²) < 4.78 is 36.7. The smallest absolute Gasteiger partial charge is 0.716 e. The third kappa shape index (κ3) is 3.05. The number of ketones is 1. The van der Waals surface area contributed by atoms with E-state index in [0.717, 1.165) is 29.4 Å². The Morgan fingerprint density at radius 1 is 1.23 bits per heavy atom. The summed E-state index contributed by atoms with van der Waals surface area (Å²) >= 11 is 0. The molecule has 2 aromatic rings. The quantitative estimate of drug-likeness (QED) is 0.437. The molecule has 2 aliphatic rings. The molecule has 1 unspecified atom stereocenters. The summed E-state index contributed by atoms with van der Waals surface area (Å²) in [6.07, 6.45) is 2.82. The molecule has 0 heterocycles. The number of Topliss-reactive ketones (excluding diaryl/α,β-unsaturated/α-hetero) is 1. The van der Waals surface area contributed by atoms with Crippen molar-refractivity contribution in [1.29, 1.82) is 0 Å². The molecule has 0 saturated heterocycles. The number of hydrogen-bond donors (Lipinski definition) is 1. The van der Waals surface area contributed by atoms with Crippen LogP contribution in [-0.4, -0.2) is 23.9 Å². The van der Waals surface area contributed by atoms with Gasteiger partial charge in [0.1, 0.15) is 17.3 Å². The van der Waals surface area contributed by atoms with E-state index >= 15 is 0 Å². The number of rotatable bonds is 2. The van der Waals surface area contributed by atoms with Gasteiger partial charge in [-0.25, -0.2) is 8.42 Å². The molecule has 0 spiro atoms. The fourth-order valence-electron chi connectivity index (χ4n) is 4.50. The maximum Gasteiger partial charge on any atom is 1.00 e. The van der Waals surface area contributed by atoms with Gasteiger partial charge >= 0.3 is 29.6 Å². The second-order valence-corrected chi connectivity index (χ2v) is 8.08. The topological polar surface area (TPSA) is 104 Å². The minimum atomic E-state index is -4.87. The first kappa shape index (κ1) is 19.6. The van der Waals surface area contributed by atoms with Gasteiger partial charge in [-0.05, 0) is 59.9 Å². The average Bonchev–Trinajstić information content (AvgIpc) is 2.82. The van der Waals surface area contributed by atoms with E-state index in [-0.39, 0.29) is 58.2 Å². The van der Waals surface area contributed by atoms with Gasteiger partial charge in [-0.2, -0.15) is 0 Å². The van der Waals surface area contributed by atoms with E-state index < -0.39 is 10.4 Å². The van der Waals surface area contributed by atoms with Crippen LogP contribution in [0.15, 0.2) is 24.3 Å². The number of aryl methyl sites for hydroxylation is 1. The first-order chi connectivity index (χ1) is 11.7. The number of hydrogen-bond acceptors (Lipinski definition) is 6. The Hall–Kier alpha value is -1.12. The number of phenols is 1. The Bertz CT molecular complexity index is 1020. The molecule has 2 aromatic carbocycles. The van der Waals surface area contributed by atoms with Gasteiger partial charge in [-0.1, -0.05) is 13.0 Å². The van der Waals surface area contributed by atoms with Crippen LogP contribution in [0.4, 0.5) is 0 Å². The van der Waals surface area contributed by atoms with Crippen LogP contribution in [0.5, 0.6) is 11.5 Å². The van der Waals surface area contributed by atoms with Crippen molar-refractivity contribution in [3.05, 3.63) is 35.4 Å². The van der Waals surface area contributed by atoms with Gasteiger partial charge < -0.3 is 13.8 Å². The molecule has 0 amide bonds. The number of carbonyl (C=O) groups is 1. The first-order valence-corrected chi connectivity index (χ1v) is 9.49. The van der Waals surface area contributed by atoms with Gasteiger partial charge in [-0.15, -0.1) is 0 Å². The maximum absolute atomic E-state index is 12.3. The molecule has 1 fully saturated rings. The summed E-state index contributed by atoms with van der Waals surface area (Å²) in [4.78, 5) is 12.3. The molecule has 4 rings (SSSR count). The Balaban J connectivity index is 0.00000196. The number of fused-ring (bicyclic) bond motifs is 5. The van der Waals surface area contributed by atoms with E-state index in [2.05, 4.69) is 4.18 Å². The van der Waals surface area contributed by atoms with E-state index in [1.165, 1.54) is 12.1 Å². The molecule has 2 aliphatic carbocycles. The fraction of sp³-hybridized carbons (Fsp3) is 0.389. The van der Waals surface area contributed by atoms with Crippen LogP contribution in [0.25, 0.3) is 10.8 Å². The van der Waals surface area contributed by atoms with Crippen LogP contribution in [0.3, 0.4) is 0 Å². The number of benzene rings is 2. The molecule has 0 radical (unpaired) electrons. The summed E-state index contributed by atoms with van der Waals surface area (Å²) in [5, 5.41) is 11.7. The monoisotopic (exact) mass is 384 g/mol. The number of carbonyl (C=O) groups excluding carboxylic acids is 1. The van der Waals surface area contributed by atoms with Gasteiger partial charge in [0.05, 0.1) is 0 Å². The molecule has 8 heteroatoms. The van der Waals surface area contributed by atoms with Crippen LogP contribution < -0.4 is 33.7 Å². The van der Waals surface area contributed by atoms with Crippen LogP contribution in [0.1, 0.15) is 43.2 Å². The molecule has 0 bridgehead atoms. The zero-order valence-electron chi connectivity index (χ0n) is 14.6. The summed E-state index contributed by atoms with van der Waals surface area (Å²) in [7, 11) is -4.87. The molecule has 1 saturated carbocycles. The van der Waals surface area contributed by atoms with Crippen molar-refractivity contribution in [3.63, 3.8) is 0 Å². The summed E-state index contributed by atoms with van der Waals surface area (Å²) in [6.45, 7) is 2.01. The Labute approximate surface area is 173 Å². The van der Waals surface area contributed by atoms with Crippen molar-refractivity contribution in [2.24, 2.45) is 5.41 Å². The molecular formula is C18H17NaO6S. The maximum atomic E-state index is 12.3. The summed E-state index contributed by atoms with van der Waals surface area (Å²) in [5.74, 6) is 0.240. The number of phenolic OH excluding ortho intramolecular Hbond substituents is 1. The largest absolute Gasteiger partial charge is 1.00 e. The Kier molecular flexibility index (Phi) is 4.90. The third-order valence-electron chi connectivity index (χ3n) is 5.77. The third-order valence-corrected chi connectivity index (χ3v) is 6.16. The standard InChI is InChI=1S/C18H18O6S.Na/c1-18-7-6-12-11-3-2-10(24-25(21,22)23)8-14(11)16(19)9-13(12)15(18)4-5-17(18)20;/h2-3,8-9,15,19H,4-7H2,1H3,(H,21,22,23);/q;+1/p-1/t15?,18-;/m0./s1. The summed E-state index contributed by atoms with van der Waals surface area (Å²) in [5.41, 5.74) is 1.70. The van der Waals surface area contributed by atoms with Gasteiger partial charge in [0, 0.05) is 17.2 Å². The van der Waals surface area contributed by atoms with E-state index in [9.17, 15) is 22.9 Å². The second-order valence-electron chi connectivity index (χ2n) is 7.09. The molecule has 6 nitrogen and oxygen atoms in total. The van der Waals surface area contributed by atoms with Gasteiger partial charge in [0.15, 0.2) is 0 Å². The average molecular weight is 384 g/mol. The predicted octanol–water partition coefficient (Wildman–Crippen LogP) is -0.213. The predicted molar refractivity (Wildman–Crippen MR) is 89.3 cm³/mol. The van der Waals surface area contributed by atoms with Crippen LogP contribution in [0.2, 0.25) is 0 Å². The molecular weight excluding hydrogens is 367 g/mol. The minimum Gasteiger partial charge on any atom is -0.716 e. The van der Waals surface area contributed by atoms with Crippen LogP contribution in [0, 0.1) is 5.41 Å². The van der Waals surface area contributed by atoms with E-state index in [1.54, 1.807) is 12.1 Å². The van der Waals surface area contributed by atoms with Crippen LogP contribution >= 0.6 is 0 Å². The van der Waals surface area contributed by atoms with Gasteiger partial charge in [0.2, 0.25) is 0 Å². The van der Waals surface area contributed by atoms with E-state index in [1.807, 2.05) is 6.92 Å². The van der Waals surface area contributed by atoms with Crippen molar-refractivity contribution in [3.8, 4) is 11.5 Å². The van der Waals surface area contributed by atoms with E-state index in [4.69, 9.17) is 0 Å². The molecule has 26 heavy (non-hydrogen) atoms. The van der Waals surface area contributed by atoms with Crippen molar-refractivity contribution < 1.29 is 56.6 Å². The van der Waals surface area contributed by atoms with Crippen molar-refractivity contribution in [1.82, 2.24) is 0 Å². The fourth-order valence-corrected chi connectivity index (χ4v) is 4.84. The van der Waals surface area contributed by atoms with Gasteiger partial charge in [-0.3, -0.25) is 4.79 Å². The Morgan fingerprint density at radius 3 is 2.65 bits per heavy atom. The normalized spacial score (nSPS) is 24.7. The molecule has 2 atom stereocenters. The van der Waals surface area contributed by atoms with Crippen LogP contribution in [-0.2, 0) is 21.6 Å². The molecule has 0 aliphatic heterocycles. The molecule has 132 valence electrons. The molecule has 0 aromatic heterocycles. The van der Waals surface area contributed by atoms with Crippen molar-refractivity contribution in [2.75, 3.05) is 0 Å². The first-order valence-electron chi connectivity index (χ1n) is 8.16. The Morgan fingerprint density at radius 2 is 1.96 bits per heavy atom. The SMILES string of the molecule is C[C@]12CCc3c(cc(O)c4cc(OS(=O)(=O)[O-])ccc34)C1CCC2=O.[Na+]. The van der Waals surface area contributed by atoms with Gasteiger partial charge in [0.25, 0.3) is 10.4 Å².